The Bertz CT molecular complexity index is 572. The Morgan fingerprint density at radius 3 is 2.33 bits per heavy atom. The summed E-state index contributed by atoms with van der Waals surface area (Å²) in [7, 11) is 0. The van der Waals surface area contributed by atoms with Gasteiger partial charge in [0.2, 0.25) is 5.91 Å². The molecule has 1 heterocycles. The fourth-order valence-electron chi connectivity index (χ4n) is 5.94. The minimum absolute atomic E-state index is 0.0321. The van der Waals surface area contributed by atoms with Gasteiger partial charge in [0, 0.05) is 19.4 Å². The summed E-state index contributed by atoms with van der Waals surface area (Å²) in [6.07, 6.45) is 10.4. The maximum Gasteiger partial charge on any atom is 0.220 e. The molecular weight excluding hydrogens is 318 g/mol. The van der Waals surface area contributed by atoms with Gasteiger partial charge in [-0.05, 0) is 79.6 Å². The first-order chi connectivity index (χ1) is 11.6. The fraction of sp³-hybridized carbons (Fsp3) is 0.700. The van der Waals surface area contributed by atoms with Gasteiger partial charge in [-0.2, -0.15) is 0 Å². The van der Waals surface area contributed by atoms with E-state index in [1.54, 1.807) is 0 Å². The Morgan fingerprint density at radius 1 is 1.08 bits per heavy atom. The van der Waals surface area contributed by atoms with Crippen LogP contribution in [0.4, 0.5) is 0 Å². The highest BCUT2D eigenvalue weighted by molar-refractivity contribution is 7.12. The van der Waals surface area contributed by atoms with E-state index in [4.69, 9.17) is 0 Å². The molecule has 4 bridgehead atoms. The summed E-state index contributed by atoms with van der Waals surface area (Å²) >= 11 is 1.45. The number of thiophene rings is 1. The molecule has 0 aromatic carbocycles. The maximum atomic E-state index is 12.0. The summed E-state index contributed by atoms with van der Waals surface area (Å²) in [5.74, 6) is 3.02. The Morgan fingerprint density at radius 2 is 1.75 bits per heavy atom. The molecule has 1 aromatic heterocycles. The lowest BCUT2D eigenvalue weighted by atomic mass is 9.49. The SMILES string of the molecule is O=C(CCC(=O)c1cccs1)NCCC12CC3CC(CC(C3)C1)C2. The van der Waals surface area contributed by atoms with E-state index in [0.29, 0.717) is 18.3 Å². The van der Waals surface area contributed by atoms with Crippen LogP contribution in [-0.2, 0) is 4.79 Å². The molecule has 4 aliphatic carbocycles. The molecule has 0 unspecified atom stereocenters. The predicted molar refractivity (Wildman–Crippen MR) is 96.1 cm³/mol. The van der Waals surface area contributed by atoms with Crippen molar-refractivity contribution in [1.82, 2.24) is 5.32 Å². The van der Waals surface area contributed by atoms with Gasteiger partial charge in [-0.15, -0.1) is 11.3 Å². The summed E-state index contributed by atoms with van der Waals surface area (Å²) in [5.41, 5.74) is 0.523. The van der Waals surface area contributed by atoms with Crippen molar-refractivity contribution in [2.45, 2.75) is 57.8 Å². The average Bonchev–Trinajstić information content (AvgIpc) is 3.05. The number of carbonyl (C=O) groups is 2. The topological polar surface area (TPSA) is 46.2 Å². The van der Waals surface area contributed by atoms with Crippen LogP contribution in [0.5, 0.6) is 0 Å². The number of Topliss-reactive ketones (excluding diaryl/α,β-unsaturated/α-hetero) is 1. The normalized spacial score (nSPS) is 33.6. The molecule has 0 radical (unpaired) electrons. The number of ketones is 1. The molecule has 0 spiro atoms. The number of carbonyl (C=O) groups excluding carboxylic acids is 2. The van der Waals surface area contributed by atoms with Crippen molar-refractivity contribution < 1.29 is 9.59 Å². The van der Waals surface area contributed by atoms with Crippen LogP contribution in [0.1, 0.15) is 67.5 Å². The molecule has 0 aliphatic heterocycles. The lowest BCUT2D eigenvalue weighted by Crippen LogP contribution is -2.47. The van der Waals surface area contributed by atoms with Crippen LogP contribution in [-0.4, -0.2) is 18.2 Å². The molecule has 3 nitrogen and oxygen atoms in total. The van der Waals surface area contributed by atoms with E-state index in [0.717, 1.165) is 35.6 Å². The van der Waals surface area contributed by atoms with Gasteiger partial charge in [0.25, 0.3) is 0 Å². The average molecular weight is 346 g/mol. The zero-order chi connectivity index (χ0) is 16.6. The summed E-state index contributed by atoms with van der Waals surface area (Å²) in [4.78, 5) is 24.7. The monoisotopic (exact) mass is 345 g/mol. The molecule has 4 heteroatoms. The second-order valence-electron chi connectivity index (χ2n) is 8.42. The van der Waals surface area contributed by atoms with Crippen molar-refractivity contribution in [2.75, 3.05) is 6.54 Å². The molecular formula is C20H27NO2S. The van der Waals surface area contributed by atoms with Gasteiger partial charge in [0.15, 0.2) is 5.78 Å². The predicted octanol–water partition coefficient (Wildman–Crippen LogP) is 4.43. The first-order valence-corrected chi connectivity index (χ1v) is 10.3. The number of amides is 1. The molecule has 1 amide bonds. The zero-order valence-corrected chi connectivity index (χ0v) is 15.1. The quantitative estimate of drug-likeness (QED) is 0.743. The molecule has 0 atom stereocenters. The highest BCUT2D eigenvalue weighted by atomic mass is 32.1. The van der Waals surface area contributed by atoms with E-state index in [1.165, 1.54) is 49.9 Å². The van der Waals surface area contributed by atoms with Crippen LogP contribution >= 0.6 is 11.3 Å². The highest BCUT2D eigenvalue weighted by Crippen LogP contribution is 2.61. The van der Waals surface area contributed by atoms with Crippen molar-refractivity contribution >= 4 is 23.0 Å². The van der Waals surface area contributed by atoms with E-state index >= 15 is 0 Å². The largest absolute Gasteiger partial charge is 0.356 e. The van der Waals surface area contributed by atoms with E-state index in [-0.39, 0.29) is 11.7 Å². The zero-order valence-electron chi connectivity index (χ0n) is 14.3. The molecule has 0 saturated heterocycles. The summed E-state index contributed by atoms with van der Waals surface area (Å²) in [6, 6.07) is 3.71. The second-order valence-corrected chi connectivity index (χ2v) is 9.37. The van der Waals surface area contributed by atoms with Gasteiger partial charge in [0.05, 0.1) is 4.88 Å². The van der Waals surface area contributed by atoms with Crippen molar-refractivity contribution in [1.29, 1.82) is 0 Å². The number of hydrogen-bond acceptors (Lipinski definition) is 3. The van der Waals surface area contributed by atoms with E-state index in [1.807, 2.05) is 17.5 Å². The lowest BCUT2D eigenvalue weighted by Gasteiger charge is -2.57. The third-order valence-corrected chi connectivity index (χ3v) is 7.43. The van der Waals surface area contributed by atoms with Gasteiger partial charge in [-0.1, -0.05) is 6.07 Å². The second kappa shape index (κ2) is 6.62. The Labute approximate surface area is 148 Å². The molecule has 1 N–H and O–H groups in total. The van der Waals surface area contributed by atoms with Crippen molar-refractivity contribution in [3.05, 3.63) is 22.4 Å². The van der Waals surface area contributed by atoms with Gasteiger partial charge in [-0.25, -0.2) is 0 Å². The van der Waals surface area contributed by atoms with Crippen LogP contribution in [0, 0.1) is 23.2 Å². The van der Waals surface area contributed by atoms with Crippen molar-refractivity contribution in [3.63, 3.8) is 0 Å². The van der Waals surface area contributed by atoms with Crippen LogP contribution in [0.15, 0.2) is 17.5 Å². The number of rotatable bonds is 7. The van der Waals surface area contributed by atoms with E-state index in [9.17, 15) is 9.59 Å². The van der Waals surface area contributed by atoms with E-state index < -0.39 is 0 Å². The minimum Gasteiger partial charge on any atom is -0.356 e. The van der Waals surface area contributed by atoms with Crippen molar-refractivity contribution in [2.24, 2.45) is 23.2 Å². The third-order valence-electron chi connectivity index (χ3n) is 6.52. The molecule has 130 valence electrons. The van der Waals surface area contributed by atoms with Gasteiger partial charge >= 0.3 is 0 Å². The summed E-state index contributed by atoms with van der Waals surface area (Å²) in [6.45, 7) is 0.790. The Kier molecular flexibility index (Phi) is 4.50. The van der Waals surface area contributed by atoms with Crippen molar-refractivity contribution in [3.8, 4) is 0 Å². The number of hydrogen-bond donors (Lipinski definition) is 1. The standard InChI is InChI=1S/C20H27NO2S/c22-17(18-2-1-7-24-18)3-4-19(23)21-6-5-20-11-14-8-15(12-20)10-16(9-14)13-20/h1-2,7,14-16H,3-6,8-13H2,(H,21,23). The Hall–Kier alpha value is -1.16. The Balaban J connectivity index is 1.20. The van der Waals surface area contributed by atoms with Gasteiger partial charge in [-0.3, -0.25) is 9.59 Å². The maximum absolute atomic E-state index is 12.0. The molecule has 1 aromatic rings. The molecule has 4 aliphatic rings. The van der Waals surface area contributed by atoms with E-state index in [2.05, 4.69) is 5.32 Å². The highest BCUT2D eigenvalue weighted by Gasteiger charge is 2.50. The number of nitrogens with one attached hydrogen (secondary N) is 1. The minimum atomic E-state index is 0.0321. The third kappa shape index (κ3) is 3.44. The molecule has 5 rings (SSSR count). The first kappa shape index (κ1) is 16.3. The molecule has 4 fully saturated rings. The van der Waals surface area contributed by atoms with Crippen LogP contribution < -0.4 is 5.32 Å². The summed E-state index contributed by atoms with van der Waals surface area (Å²) in [5, 5.41) is 4.97. The fourth-order valence-corrected chi connectivity index (χ4v) is 6.63. The smallest absolute Gasteiger partial charge is 0.220 e. The summed E-state index contributed by atoms with van der Waals surface area (Å²) < 4.78 is 0. The lowest BCUT2D eigenvalue weighted by molar-refractivity contribution is -0.121. The van der Waals surface area contributed by atoms with Crippen LogP contribution in [0.25, 0.3) is 0 Å². The first-order valence-electron chi connectivity index (χ1n) is 9.45. The molecule has 24 heavy (non-hydrogen) atoms. The van der Waals surface area contributed by atoms with Gasteiger partial charge in [0.1, 0.15) is 0 Å². The van der Waals surface area contributed by atoms with Crippen LogP contribution in [0.2, 0.25) is 0 Å². The van der Waals surface area contributed by atoms with Crippen LogP contribution in [0.3, 0.4) is 0 Å². The van der Waals surface area contributed by atoms with Gasteiger partial charge < -0.3 is 5.32 Å². The molecule has 4 saturated carbocycles.